The minimum absolute atomic E-state index is 0. The second kappa shape index (κ2) is 16.6. The van der Waals surface area contributed by atoms with Crippen molar-refractivity contribution in [2.75, 3.05) is 27.2 Å². The highest BCUT2D eigenvalue weighted by Gasteiger charge is 2.13. The Balaban J connectivity index is 0. The normalized spacial score (nSPS) is 11.4. The number of quaternary nitrogens is 1. The standard InChI is InChI=1S/C19H42N.ClH/c1-5-7-9-11-12-13-14-15-17-19-20(3,4)18-16-10-8-6-2;/h5-19H2,1-4H3;1H/q+1;/p-1. The third kappa shape index (κ3) is 18.2. The van der Waals surface area contributed by atoms with Gasteiger partial charge < -0.3 is 16.9 Å². The summed E-state index contributed by atoms with van der Waals surface area (Å²) in [5.41, 5.74) is 0. The molecule has 0 aliphatic heterocycles. The first kappa shape index (κ1) is 23.5. The Morgan fingerprint density at radius 3 is 1.14 bits per heavy atom. The van der Waals surface area contributed by atoms with Crippen LogP contribution in [0.4, 0.5) is 0 Å². The molecular weight excluding hydrogens is 278 g/mol. The van der Waals surface area contributed by atoms with Gasteiger partial charge in [-0.05, 0) is 25.7 Å². The van der Waals surface area contributed by atoms with E-state index in [2.05, 4.69) is 27.9 Å². The van der Waals surface area contributed by atoms with Crippen LogP contribution < -0.4 is 12.4 Å². The molecule has 0 amide bonds. The maximum Gasteiger partial charge on any atom is 0.0782 e. The van der Waals surface area contributed by atoms with Crippen LogP contribution >= 0.6 is 0 Å². The van der Waals surface area contributed by atoms with Gasteiger partial charge in [-0.15, -0.1) is 0 Å². The van der Waals surface area contributed by atoms with Crippen molar-refractivity contribution in [2.24, 2.45) is 0 Å². The van der Waals surface area contributed by atoms with Gasteiger partial charge in [0.2, 0.25) is 0 Å². The summed E-state index contributed by atoms with van der Waals surface area (Å²) in [6.45, 7) is 7.34. The zero-order chi connectivity index (χ0) is 15.1. The maximum atomic E-state index is 2.41. The fraction of sp³-hybridized carbons (Fsp3) is 1.00. The van der Waals surface area contributed by atoms with Gasteiger partial charge in [0, 0.05) is 0 Å². The second-order valence-electron chi connectivity index (χ2n) is 7.27. The van der Waals surface area contributed by atoms with Gasteiger partial charge in [-0.2, -0.15) is 0 Å². The van der Waals surface area contributed by atoms with Crippen molar-refractivity contribution in [1.29, 1.82) is 0 Å². The van der Waals surface area contributed by atoms with Gasteiger partial charge in [-0.1, -0.05) is 71.6 Å². The van der Waals surface area contributed by atoms with Gasteiger partial charge in [-0.25, -0.2) is 0 Å². The molecule has 0 aromatic heterocycles. The van der Waals surface area contributed by atoms with Gasteiger partial charge in [0.15, 0.2) is 0 Å². The molecule has 0 N–H and O–H groups in total. The van der Waals surface area contributed by atoms with E-state index in [9.17, 15) is 0 Å². The highest BCUT2D eigenvalue weighted by atomic mass is 35.5. The van der Waals surface area contributed by atoms with Gasteiger partial charge in [0.05, 0.1) is 27.2 Å². The summed E-state index contributed by atoms with van der Waals surface area (Å²) in [7, 11) is 4.83. The minimum Gasteiger partial charge on any atom is -1.00 e. The summed E-state index contributed by atoms with van der Waals surface area (Å²) in [6.07, 6.45) is 18.6. The van der Waals surface area contributed by atoms with Crippen LogP contribution in [0.25, 0.3) is 0 Å². The van der Waals surface area contributed by atoms with Gasteiger partial charge >= 0.3 is 0 Å². The number of rotatable bonds is 15. The van der Waals surface area contributed by atoms with E-state index in [4.69, 9.17) is 0 Å². The van der Waals surface area contributed by atoms with Gasteiger partial charge in [0.1, 0.15) is 0 Å². The Morgan fingerprint density at radius 1 is 0.476 bits per heavy atom. The molecule has 0 spiro atoms. The average Bonchev–Trinajstić information content (AvgIpc) is 2.42. The molecule has 0 saturated carbocycles. The first-order valence-electron chi connectivity index (χ1n) is 9.44. The Bertz CT molecular complexity index is 192. The zero-order valence-corrected chi connectivity index (χ0v) is 16.2. The Morgan fingerprint density at radius 2 is 0.762 bits per heavy atom. The summed E-state index contributed by atoms with van der Waals surface area (Å²) in [5.74, 6) is 0. The van der Waals surface area contributed by atoms with Crippen molar-refractivity contribution < 1.29 is 16.9 Å². The van der Waals surface area contributed by atoms with Crippen LogP contribution in [0.5, 0.6) is 0 Å². The number of unbranched alkanes of at least 4 members (excludes halogenated alkanes) is 11. The first-order chi connectivity index (χ1) is 9.62. The Hall–Kier alpha value is 0.250. The second-order valence-corrected chi connectivity index (χ2v) is 7.27. The number of halogens is 1. The van der Waals surface area contributed by atoms with E-state index >= 15 is 0 Å². The van der Waals surface area contributed by atoms with Crippen LogP contribution in [0.1, 0.15) is 97.3 Å². The zero-order valence-electron chi connectivity index (χ0n) is 15.4. The molecule has 0 aromatic carbocycles. The van der Waals surface area contributed by atoms with Crippen molar-refractivity contribution in [3.63, 3.8) is 0 Å². The lowest BCUT2D eigenvalue weighted by Gasteiger charge is -2.30. The summed E-state index contributed by atoms with van der Waals surface area (Å²) in [5, 5.41) is 0. The van der Waals surface area contributed by atoms with E-state index in [1.54, 1.807) is 0 Å². The van der Waals surface area contributed by atoms with Crippen LogP contribution in [0, 0.1) is 0 Å². The lowest BCUT2D eigenvalue weighted by atomic mass is 10.1. The maximum absolute atomic E-state index is 2.41. The average molecular weight is 320 g/mol. The molecule has 1 nitrogen and oxygen atoms in total. The first-order valence-corrected chi connectivity index (χ1v) is 9.44. The molecule has 0 aromatic rings. The number of hydrogen-bond donors (Lipinski definition) is 0. The molecule has 0 saturated heterocycles. The monoisotopic (exact) mass is 319 g/mol. The third-order valence-corrected chi connectivity index (χ3v) is 4.48. The minimum atomic E-state index is 0. The Labute approximate surface area is 141 Å². The van der Waals surface area contributed by atoms with Crippen molar-refractivity contribution in [3.8, 4) is 0 Å². The summed E-state index contributed by atoms with van der Waals surface area (Å²) >= 11 is 0. The largest absolute Gasteiger partial charge is 1.00 e. The topological polar surface area (TPSA) is 0 Å². The summed E-state index contributed by atoms with van der Waals surface area (Å²) < 4.78 is 1.24. The smallest absolute Gasteiger partial charge is 0.0782 e. The predicted octanol–water partition coefficient (Wildman–Crippen LogP) is 3.18. The molecule has 130 valence electrons. The van der Waals surface area contributed by atoms with E-state index in [-0.39, 0.29) is 12.4 Å². The molecule has 0 fully saturated rings. The van der Waals surface area contributed by atoms with Crippen LogP contribution in [0.2, 0.25) is 0 Å². The fourth-order valence-electron chi connectivity index (χ4n) is 2.93. The fourth-order valence-corrected chi connectivity index (χ4v) is 2.93. The molecule has 2 heteroatoms. The van der Waals surface area contributed by atoms with Crippen molar-refractivity contribution in [1.82, 2.24) is 0 Å². The van der Waals surface area contributed by atoms with Crippen LogP contribution in [0.15, 0.2) is 0 Å². The molecule has 0 unspecified atom stereocenters. The predicted molar refractivity (Wildman–Crippen MR) is 93.2 cm³/mol. The molecule has 0 radical (unpaired) electrons. The van der Waals surface area contributed by atoms with Crippen molar-refractivity contribution in [3.05, 3.63) is 0 Å². The molecule has 0 heterocycles. The van der Waals surface area contributed by atoms with Crippen LogP contribution in [-0.4, -0.2) is 31.7 Å². The SMILES string of the molecule is CCCCCCCCCCC[N+](C)(C)CCCCCC.[Cl-]. The Kier molecular flexibility index (Phi) is 18.6. The molecule has 21 heavy (non-hydrogen) atoms. The summed E-state index contributed by atoms with van der Waals surface area (Å²) in [4.78, 5) is 0. The third-order valence-electron chi connectivity index (χ3n) is 4.48. The highest BCUT2D eigenvalue weighted by molar-refractivity contribution is 4.47. The van der Waals surface area contributed by atoms with E-state index in [0.29, 0.717) is 0 Å². The van der Waals surface area contributed by atoms with Crippen molar-refractivity contribution >= 4 is 0 Å². The number of hydrogen-bond acceptors (Lipinski definition) is 0. The lowest BCUT2D eigenvalue weighted by molar-refractivity contribution is -0.890. The van der Waals surface area contributed by atoms with Crippen LogP contribution in [0.3, 0.4) is 0 Å². The molecule has 0 aliphatic rings. The molecule has 0 rings (SSSR count). The molecule has 0 aliphatic carbocycles. The van der Waals surface area contributed by atoms with Crippen molar-refractivity contribution in [2.45, 2.75) is 97.3 Å². The number of nitrogens with zero attached hydrogens (tertiary/aromatic N) is 1. The molecule has 0 atom stereocenters. The van der Waals surface area contributed by atoms with E-state index in [0.717, 1.165) is 0 Å². The lowest BCUT2D eigenvalue weighted by Crippen LogP contribution is -3.00. The van der Waals surface area contributed by atoms with Gasteiger partial charge in [-0.3, -0.25) is 0 Å². The quantitative estimate of drug-likeness (QED) is 0.321. The summed E-state index contributed by atoms with van der Waals surface area (Å²) in [6, 6.07) is 0. The van der Waals surface area contributed by atoms with E-state index in [1.807, 2.05) is 0 Å². The highest BCUT2D eigenvalue weighted by Crippen LogP contribution is 2.12. The van der Waals surface area contributed by atoms with Crippen LogP contribution in [-0.2, 0) is 0 Å². The van der Waals surface area contributed by atoms with E-state index in [1.165, 1.54) is 101 Å². The molecular formula is C19H42ClN. The van der Waals surface area contributed by atoms with E-state index < -0.39 is 0 Å². The van der Waals surface area contributed by atoms with Gasteiger partial charge in [0.25, 0.3) is 0 Å². The molecule has 0 bridgehead atoms.